The highest BCUT2D eigenvalue weighted by Gasteiger charge is 2.16. The molecule has 0 unspecified atom stereocenters. The minimum Gasteiger partial charge on any atom is -0.493 e. The van der Waals surface area contributed by atoms with Gasteiger partial charge < -0.3 is 14.8 Å². The summed E-state index contributed by atoms with van der Waals surface area (Å²) in [5.41, 5.74) is 0.832. The molecule has 33 heavy (non-hydrogen) atoms. The Kier molecular flexibility index (Phi) is 7.74. The first-order valence-electron chi connectivity index (χ1n) is 9.65. The minimum absolute atomic E-state index is 0.00576. The Bertz CT molecular complexity index is 1250. The number of rotatable bonds is 8. The lowest BCUT2D eigenvalue weighted by atomic mass is 10.2. The molecule has 1 heterocycles. The first-order chi connectivity index (χ1) is 15.8. The number of hydrogen-bond donors (Lipinski definition) is 3. The van der Waals surface area contributed by atoms with Crippen LogP contribution in [-0.2, 0) is 10.0 Å². The summed E-state index contributed by atoms with van der Waals surface area (Å²) in [6.45, 7) is 2.24. The molecule has 0 aliphatic heterocycles. The number of hydrogen-bond acceptors (Lipinski definition) is 8. The van der Waals surface area contributed by atoms with Gasteiger partial charge in [0.2, 0.25) is 5.88 Å². The number of amides is 1. The summed E-state index contributed by atoms with van der Waals surface area (Å²) in [6.07, 6.45) is 1.19. The summed E-state index contributed by atoms with van der Waals surface area (Å²) in [7, 11) is -2.48. The molecule has 0 saturated carbocycles. The molecule has 0 fully saturated rings. The van der Waals surface area contributed by atoms with Crippen molar-refractivity contribution in [3.63, 3.8) is 0 Å². The summed E-state index contributed by atoms with van der Waals surface area (Å²) >= 11 is 5.20. The fourth-order valence-electron chi connectivity index (χ4n) is 2.69. The van der Waals surface area contributed by atoms with Crippen molar-refractivity contribution in [2.45, 2.75) is 11.8 Å². The normalized spacial score (nSPS) is 10.7. The molecule has 10 nitrogen and oxygen atoms in total. The van der Waals surface area contributed by atoms with E-state index in [1.54, 1.807) is 24.3 Å². The summed E-state index contributed by atoms with van der Waals surface area (Å²) in [5.74, 6) is 0.311. The monoisotopic (exact) mass is 487 g/mol. The first-order valence-corrected chi connectivity index (χ1v) is 11.5. The van der Waals surface area contributed by atoms with E-state index in [-0.39, 0.29) is 21.7 Å². The quantitative estimate of drug-likeness (QED) is 0.410. The Morgan fingerprint density at radius 2 is 1.82 bits per heavy atom. The van der Waals surface area contributed by atoms with E-state index in [1.165, 1.54) is 43.8 Å². The zero-order valence-electron chi connectivity index (χ0n) is 17.7. The van der Waals surface area contributed by atoms with Crippen LogP contribution in [-0.4, -0.2) is 43.1 Å². The molecule has 3 rings (SSSR count). The van der Waals surface area contributed by atoms with Crippen molar-refractivity contribution in [2.75, 3.05) is 23.8 Å². The second kappa shape index (κ2) is 10.7. The molecule has 3 aromatic rings. The molecule has 3 N–H and O–H groups in total. The molecular weight excluding hydrogens is 466 g/mol. The number of carbonyl (C=O) groups excluding carboxylic acids is 1. The number of sulfonamides is 1. The number of nitrogens with zero attached hydrogens (tertiary/aromatic N) is 2. The lowest BCUT2D eigenvalue weighted by Crippen LogP contribution is -2.34. The third kappa shape index (κ3) is 6.37. The van der Waals surface area contributed by atoms with Crippen LogP contribution in [0.2, 0.25) is 0 Å². The lowest BCUT2D eigenvalue weighted by Gasteiger charge is -2.13. The summed E-state index contributed by atoms with van der Waals surface area (Å²) in [4.78, 5) is 20.2. The van der Waals surface area contributed by atoms with E-state index in [0.717, 1.165) is 0 Å². The fraction of sp³-hybridized carbons (Fsp3) is 0.143. The van der Waals surface area contributed by atoms with Gasteiger partial charge in [-0.05, 0) is 55.5 Å². The van der Waals surface area contributed by atoms with Gasteiger partial charge in [-0.25, -0.2) is 18.4 Å². The topological polar surface area (TPSA) is 132 Å². The Morgan fingerprint density at radius 1 is 1.09 bits per heavy atom. The summed E-state index contributed by atoms with van der Waals surface area (Å²) in [5, 5.41) is 5.47. The third-order valence-electron chi connectivity index (χ3n) is 4.17. The molecule has 1 aromatic heterocycles. The van der Waals surface area contributed by atoms with Gasteiger partial charge in [-0.1, -0.05) is 12.1 Å². The number of aromatic nitrogens is 2. The molecule has 0 radical (unpaired) electrons. The summed E-state index contributed by atoms with van der Waals surface area (Å²) in [6, 6.07) is 14.0. The SMILES string of the molecule is CCOc1ccccc1C(=O)NC(=S)Nc1ccc(S(=O)(=O)Nc2cc(OC)ncn2)cc1. The maximum Gasteiger partial charge on any atom is 0.263 e. The molecule has 12 heteroatoms. The molecule has 0 bridgehead atoms. The number of thiocarbonyl (C=S) groups is 1. The number of carbonyl (C=O) groups is 1. The molecule has 0 spiro atoms. The van der Waals surface area contributed by atoms with Gasteiger partial charge in [0, 0.05) is 11.8 Å². The molecule has 2 aromatic carbocycles. The van der Waals surface area contributed by atoms with Crippen LogP contribution in [0.15, 0.2) is 65.8 Å². The van der Waals surface area contributed by atoms with Crippen molar-refractivity contribution in [3.05, 3.63) is 66.5 Å². The van der Waals surface area contributed by atoms with Gasteiger partial charge in [-0.2, -0.15) is 0 Å². The van der Waals surface area contributed by atoms with Gasteiger partial charge in [0.1, 0.15) is 17.9 Å². The van der Waals surface area contributed by atoms with Crippen LogP contribution < -0.4 is 24.8 Å². The maximum atomic E-state index is 12.6. The standard InChI is InChI=1S/C21H21N5O5S2/c1-3-31-17-7-5-4-6-16(17)20(27)25-21(32)24-14-8-10-15(11-9-14)33(28,29)26-18-12-19(30-2)23-13-22-18/h4-13H,3H2,1-2H3,(H,22,23,26)(H2,24,25,27,32). The predicted molar refractivity (Wildman–Crippen MR) is 127 cm³/mol. The van der Waals surface area contributed by atoms with E-state index in [2.05, 4.69) is 25.3 Å². The Balaban J connectivity index is 1.64. The Morgan fingerprint density at radius 3 is 2.52 bits per heavy atom. The van der Waals surface area contributed by atoms with Gasteiger partial charge in [0.05, 0.1) is 24.2 Å². The second-order valence-electron chi connectivity index (χ2n) is 6.41. The largest absolute Gasteiger partial charge is 0.493 e. The molecular formula is C21H21N5O5S2. The van der Waals surface area contributed by atoms with E-state index in [1.807, 2.05) is 6.92 Å². The van der Waals surface area contributed by atoms with Crippen LogP contribution in [0.5, 0.6) is 11.6 Å². The predicted octanol–water partition coefficient (Wildman–Crippen LogP) is 2.81. The highest BCUT2D eigenvalue weighted by Crippen LogP contribution is 2.20. The van der Waals surface area contributed by atoms with Crippen molar-refractivity contribution >= 4 is 44.8 Å². The van der Waals surface area contributed by atoms with Crippen LogP contribution in [0.25, 0.3) is 0 Å². The van der Waals surface area contributed by atoms with Crippen molar-refractivity contribution in [1.29, 1.82) is 0 Å². The fourth-order valence-corrected chi connectivity index (χ4v) is 3.90. The highest BCUT2D eigenvalue weighted by molar-refractivity contribution is 7.92. The lowest BCUT2D eigenvalue weighted by molar-refractivity contribution is 0.0974. The number of benzene rings is 2. The van der Waals surface area contributed by atoms with Gasteiger partial charge in [0.25, 0.3) is 15.9 Å². The van der Waals surface area contributed by atoms with E-state index < -0.39 is 15.9 Å². The molecule has 0 atom stereocenters. The van der Waals surface area contributed by atoms with Crippen molar-refractivity contribution in [1.82, 2.24) is 15.3 Å². The Labute approximate surface area is 196 Å². The number of methoxy groups -OCH3 is 1. The van der Waals surface area contributed by atoms with Gasteiger partial charge >= 0.3 is 0 Å². The van der Waals surface area contributed by atoms with Crippen LogP contribution in [0.3, 0.4) is 0 Å². The average Bonchev–Trinajstić information content (AvgIpc) is 2.79. The van der Waals surface area contributed by atoms with Crippen LogP contribution >= 0.6 is 12.2 Å². The van der Waals surface area contributed by atoms with E-state index >= 15 is 0 Å². The molecule has 0 saturated heterocycles. The third-order valence-corrected chi connectivity index (χ3v) is 5.75. The average molecular weight is 488 g/mol. The second-order valence-corrected chi connectivity index (χ2v) is 8.50. The van der Waals surface area contributed by atoms with Gasteiger partial charge in [0.15, 0.2) is 5.11 Å². The number of para-hydroxylation sites is 1. The maximum absolute atomic E-state index is 12.6. The minimum atomic E-state index is -3.89. The van der Waals surface area contributed by atoms with Crippen LogP contribution in [0.4, 0.5) is 11.5 Å². The summed E-state index contributed by atoms with van der Waals surface area (Å²) < 4.78 is 38.0. The number of nitrogens with one attached hydrogen (secondary N) is 3. The highest BCUT2D eigenvalue weighted by atomic mass is 32.2. The molecule has 0 aliphatic rings. The zero-order valence-corrected chi connectivity index (χ0v) is 19.4. The van der Waals surface area contributed by atoms with E-state index in [0.29, 0.717) is 23.6 Å². The van der Waals surface area contributed by atoms with Crippen LogP contribution in [0, 0.1) is 0 Å². The molecule has 172 valence electrons. The zero-order chi connectivity index (χ0) is 23.8. The van der Waals surface area contributed by atoms with Crippen molar-refractivity contribution in [2.24, 2.45) is 0 Å². The number of ether oxygens (including phenoxy) is 2. The molecule has 0 aliphatic carbocycles. The van der Waals surface area contributed by atoms with Gasteiger partial charge in [-0.15, -0.1) is 0 Å². The smallest absolute Gasteiger partial charge is 0.263 e. The number of anilines is 2. The van der Waals surface area contributed by atoms with E-state index in [4.69, 9.17) is 21.7 Å². The van der Waals surface area contributed by atoms with Crippen molar-refractivity contribution < 1.29 is 22.7 Å². The van der Waals surface area contributed by atoms with Gasteiger partial charge in [-0.3, -0.25) is 14.8 Å². The Hall–Kier alpha value is -3.77. The first kappa shape index (κ1) is 23.9. The van der Waals surface area contributed by atoms with Crippen LogP contribution in [0.1, 0.15) is 17.3 Å². The van der Waals surface area contributed by atoms with E-state index in [9.17, 15) is 13.2 Å². The molecule has 1 amide bonds. The van der Waals surface area contributed by atoms with Crippen molar-refractivity contribution in [3.8, 4) is 11.6 Å².